The summed E-state index contributed by atoms with van der Waals surface area (Å²) < 4.78 is 0. The van der Waals surface area contributed by atoms with Gasteiger partial charge in [0.2, 0.25) is 11.7 Å². The van der Waals surface area contributed by atoms with Crippen LogP contribution >= 0.6 is 0 Å². The average Bonchev–Trinajstić information content (AvgIpc) is 3.04. The minimum atomic E-state index is -0.203. The zero-order valence-corrected chi connectivity index (χ0v) is 14.5. The van der Waals surface area contributed by atoms with Crippen molar-refractivity contribution in [1.29, 1.82) is 0 Å². The Kier molecular flexibility index (Phi) is 4.74. The summed E-state index contributed by atoms with van der Waals surface area (Å²) >= 11 is 0. The normalized spacial score (nSPS) is 10.5. The Hall–Kier alpha value is -3.22. The summed E-state index contributed by atoms with van der Waals surface area (Å²) in [5, 5.41) is 15.0. The third-order valence-electron chi connectivity index (χ3n) is 3.72. The van der Waals surface area contributed by atoms with E-state index in [1.807, 2.05) is 74.4 Å². The number of anilines is 2. The molecule has 0 bridgehead atoms. The van der Waals surface area contributed by atoms with Crippen molar-refractivity contribution in [3.8, 4) is 11.4 Å². The van der Waals surface area contributed by atoms with Gasteiger partial charge in [-0.05, 0) is 36.4 Å². The minimum absolute atomic E-state index is 0.00823. The molecule has 1 aromatic heterocycles. The first-order chi connectivity index (χ1) is 12.0. The van der Waals surface area contributed by atoms with E-state index in [0.29, 0.717) is 5.82 Å². The number of aromatic nitrogens is 4. The minimum Gasteiger partial charge on any atom is -0.378 e. The number of nitrogens with one attached hydrogen (secondary N) is 1. The summed E-state index contributed by atoms with van der Waals surface area (Å²) in [5.41, 5.74) is 3.83. The second kappa shape index (κ2) is 7.12. The number of carbonyl (C=O) groups excluding carboxylic acids is 1. The lowest BCUT2D eigenvalue weighted by Crippen LogP contribution is -2.20. The van der Waals surface area contributed by atoms with Gasteiger partial charge in [-0.15, -0.1) is 10.2 Å². The van der Waals surface area contributed by atoms with Crippen LogP contribution in [0.3, 0.4) is 0 Å². The summed E-state index contributed by atoms with van der Waals surface area (Å²) in [6, 6.07) is 15.4. The van der Waals surface area contributed by atoms with E-state index in [4.69, 9.17) is 0 Å². The van der Waals surface area contributed by atoms with Crippen LogP contribution in [-0.4, -0.2) is 40.2 Å². The number of carbonyl (C=O) groups is 1. The number of hydrogen-bond acceptors (Lipinski definition) is 5. The van der Waals surface area contributed by atoms with Crippen LogP contribution in [0.1, 0.15) is 5.56 Å². The van der Waals surface area contributed by atoms with Crippen molar-refractivity contribution in [3.63, 3.8) is 0 Å². The number of amides is 1. The topological polar surface area (TPSA) is 75.9 Å². The zero-order chi connectivity index (χ0) is 17.8. The first-order valence-corrected chi connectivity index (χ1v) is 7.93. The molecule has 0 aliphatic heterocycles. The quantitative estimate of drug-likeness (QED) is 0.774. The van der Waals surface area contributed by atoms with E-state index < -0.39 is 0 Å². The van der Waals surface area contributed by atoms with E-state index in [-0.39, 0.29) is 12.5 Å². The molecule has 0 fully saturated rings. The monoisotopic (exact) mass is 336 g/mol. The molecular weight excluding hydrogens is 316 g/mol. The predicted molar refractivity (Wildman–Crippen MR) is 97.4 cm³/mol. The number of nitrogens with zero attached hydrogens (tertiary/aromatic N) is 5. The molecule has 0 radical (unpaired) electrons. The predicted octanol–water partition coefficient (Wildman–Crippen LogP) is 2.35. The SMILES string of the molecule is Cc1ccc(-c2nnn(CC(=O)Nc3ccc(N(C)C)cc3)n2)cc1. The van der Waals surface area contributed by atoms with Crippen LogP contribution in [-0.2, 0) is 11.3 Å². The van der Waals surface area contributed by atoms with Gasteiger partial charge in [-0.1, -0.05) is 29.8 Å². The van der Waals surface area contributed by atoms with E-state index in [1.54, 1.807) is 0 Å². The molecule has 7 nitrogen and oxygen atoms in total. The van der Waals surface area contributed by atoms with Crippen molar-refractivity contribution in [2.45, 2.75) is 13.5 Å². The molecule has 3 aromatic rings. The molecule has 1 amide bonds. The maximum atomic E-state index is 12.1. The molecule has 0 saturated heterocycles. The molecule has 1 N–H and O–H groups in total. The molecule has 3 rings (SSSR count). The molecule has 7 heteroatoms. The molecule has 128 valence electrons. The second-order valence-corrected chi connectivity index (χ2v) is 6.00. The first kappa shape index (κ1) is 16.6. The van der Waals surface area contributed by atoms with Crippen molar-refractivity contribution in [2.75, 3.05) is 24.3 Å². The molecule has 1 heterocycles. The van der Waals surface area contributed by atoms with E-state index in [1.165, 1.54) is 4.80 Å². The Balaban J connectivity index is 1.62. The number of hydrogen-bond donors (Lipinski definition) is 1. The van der Waals surface area contributed by atoms with Crippen molar-refractivity contribution in [3.05, 3.63) is 54.1 Å². The Bertz CT molecular complexity index is 852. The van der Waals surface area contributed by atoms with Crippen molar-refractivity contribution >= 4 is 17.3 Å². The highest BCUT2D eigenvalue weighted by atomic mass is 16.2. The van der Waals surface area contributed by atoms with Crippen molar-refractivity contribution in [1.82, 2.24) is 20.2 Å². The summed E-state index contributed by atoms with van der Waals surface area (Å²) in [6.07, 6.45) is 0. The lowest BCUT2D eigenvalue weighted by Gasteiger charge is -2.12. The highest BCUT2D eigenvalue weighted by molar-refractivity contribution is 5.90. The van der Waals surface area contributed by atoms with Gasteiger partial charge in [0.25, 0.3) is 0 Å². The molecular formula is C18H20N6O. The Labute approximate surface area is 146 Å². The molecule has 0 atom stereocenters. The summed E-state index contributed by atoms with van der Waals surface area (Å²) in [7, 11) is 3.94. The highest BCUT2D eigenvalue weighted by Crippen LogP contribution is 2.16. The zero-order valence-electron chi connectivity index (χ0n) is 14.5. The van der Waals surface area contributed by atoms with Crippen molar-refractivity contribution < 1.29 is 4.79 Å². The third-order valence-corrected chi connectivity index (χ3v) is 3.72. The average molecular weight is 336 g/mol. The number of tetrazole rings is 1. The smallest absolute Gasteiger partial charge is 0.248 e. The van der Waals surface area contributed by atoms with Gasteiger partial charge in [0.05, 0.1) is 0 Å². The van der Waals surface area contributed by atoms with E-state index >= 15 is 0 Å². The van der Waals surface area contributed by atoms with Gasteiger partial charge in [-0.3, -0.25) is 4.79 Å². The maximum absolute atomic E-state index is 12.1. The number of benzene rings is 2. The lowest BCUT2D eigenvalue weighted by molar-refractivity contribution is -0.117. The van der Waals surface area contributed by atoms with Gasteiger partial charge >= 0.3 is 0 Å². The van der Waals surface area contributed by atoms with E-state index in [9.17, 15) is 4.79 Å². The number of rotatable bonds is 5. The molecule has 0 unspecified atom stereocenters. The fourth-order valence-electron chi connectivity index (χ4n) is 2.30. The van der Waals surface area contributed by atoms with Gasteiger partial charge < -0.3 is 10.2 Å². The highest BCUT2D eigenvalue weighted by Gasteiger charge is 2.09. The molecule has 0 aliphatic carbocycles. The van der Waals surface area contributed by atoms with Gasteiger partial charge in [-0.2, -0.15) is 4.80 Å². The maximum Gasteiger partial charge on any atom is 0.248 e. The van der Waals surface area contributed by atoms with Crippen LogP contribution in [0.25, 0.3) is 11.4 Å². The summed E-state index contributed by atoms with van der Waals surface area (Å²) in [5.74, 6) is 0.300. The van der Waals surface area contributed by atoms with Crippen LogP contribution in [0.2, 0.25) is 0 Å². The summed E-state index contributed by atoms with van der Waals surface area (Å²) in [4.78, 5) is 15.4. The van der Waals surface area contributed by atoms with Gasteiger partial charge in [0.1, 0.15) is 6.54 Å². The van der Waals surface area contributed by atoms with E-state index in [2.05, 4.69) is 20.7 Å². The lowest BCUT2D eigenvalue weighted by atomic mass is 10.1. The Morgan fingerprint density at radius 1 is 1.08 bits per heavy atom. The Morgan fingerprint density at radius 2 is 1.76 bits per heavy atom. The van der Waals surface area contributed by atoms with Gasteiger partial charge in [-0.25, -0.2) is 0 Å². The van der Waals surface area contributed by atoms with Crippen LogP contribution in [0.5, 0.6) is 0 Å². The van der Waals surface area contributed by atoms with Crippen LogP contribution in [0.15, 0.2) is 48.5 Å². The number of aryl methyl sites for hydroxylation is 1. The molecule has 25 heavy (non-hydrogen) atoms. The van der Waals surface area contributed by atoms with Gasteiger partial charge in [0.15, 0.2) is 0 Å². The van der Waals surface area contributed by atoms with Crippen LogP contribution in [0.4, 0.5) is 11.4 Å². The molecule has 0 saturated carbocycles. The Morgan fingerprint density at radius 3 is 2.40 bits per heavy atom. The summed E-state index contributed by atoms with van der Waals surface area (Å²) in [6.45, 7) is 2.03. The molecule has 0 aliphatic rings. The fraction of sp³-hybridized carbons (Fsp3) is 0.222. The molecule has 2 aromatic carbocycles. The van der Waals surface area contributed by atoms with Gasteiger partial charge in [0, 0.05) is 31.0 Å². The fourth-order valence-corrected chi connectivity index (χ4v) is 2.30. The third kappa shape index (κ3) is 4.20. The van der Waals surface area contributed by atoms with Crippen LogP contribution < -0.4 is 10.2 Å². The first-order valence-electron chi connectivity index (χ1n) is 7.93. The van der Waals surface area contributed by atoms with E-state index in [0.717, 1.165) is 22.5 Å². The molecule has 0 spiro atoms. The second-order valence-electron chi connectivity index (χ2n) is 6.00. The standard InChI is InChI=1S/C18H20N6O/c1-13-4-6-14(7-5-13)18-20-22-24(21-18)12-17(25)19-15-8-10-16(11-9-15)23(2)3/h4-11H,12H2,1-3H3,(H,19,25). The van der Waals surface area contributed by atoms with Crippen LogP contribution in [0, 0.1) is 6.92 Å². The van der Waals surface area contributed by atoms with Crippen molar-refractivity contribution in [2.24, 2.45) is 0 Å². The largest absolute Gasteiger partial charge is 0.378 e.